The summed E-state index contributed by atoms with van der Waals surface area (Å²) >= 11 is 3.22. The van der Waals surface area contributed by atoms with Gasteiger partial charge < -0.3 is 14.9 Å². The van der Waals surface area contributed by atoms with Gasteiger partial charge in [0.1, 0.15) is 11.5 Å². The predicted octanol–water partition coefficient (Wildman–Crippen LogP) is 2.38. The van der Waals surface area contributed by atoms with Gasteiger partial charge in [0.15, 0.2) is 6.61 Å². The normalized spacial score (nSPS) is 10.5. The number of nitrogens with one attached hydrogen (secondary N) is 1. The van der Waals surface area contributed by atoms with Crippen LogP contribution in [-0.2, 0) is 4.79 Å². The van der Waals surface area contributed by atoms with Crippen LogP contribution in [0.2, 0.25) is 0 Å². The third kappa shape index (κ3) is 5.10. The Kier molecular flexibility index (Phi) is 5.91. The quantitative estimate of drug-likeness (QED) is 0.516. The number of nitrogens with zero attached hydrogens (tertiary/aromatic N) is 1. The average Bonchev–Trinajstić information content (AvgIpc) is 2.56. The lowest BCUT2D eigenvalue weighted by Crippen LogP contribution is -2.17. The van der Waals surface area contributed by atoms with Gasteiger partial charge in [-0.3, -0.25) is 4.79 Å². The van der Waals surface area contributed by atoms with Crippen LogP contribution in [-0.4, -0.2) is 34.9 Å². The minimum atomic E-state index is -1.06. The van der Waals surface area contributed by atoms with Crippen LogP contribution in [0.4, 0.5) is 0 Å². The standard InChI is InChI=1S/C16H13BrN2O5/c17-11-3-6-14(20)13(7-11)16(23)19-18-8-10-1-4-12(5-2-10)24-9-15(21)22/h1-8,20H,9H2,(H,19,23)(H,21,22)/b18-8-. The molecule has 0 aromatic heterocycles. The zero-order valence-electron chi connectivity index (χ0n) is 12.3. The maximum absolute atomic E-state index is 11.9. The van der Waals surface area contributed by atoms with Crippen LogP contribution >= 0.6 is 15.9 Å². The molecule has 0 aliphatic carbocycles. The summed E-state index contributed by atoms with van der Waals surface area (Å²) in [5, 5.41) is 22.0. The van der Waals surface area contributed by atoms with Gasteiger partial charge in [0, 0.05) is 4.47 Å². The zero-order chi connectivity index (χ0) is 17.5. The number of hydrogen-bond donors (Lipinski definition) is 3. The number of aliphatic carboxylic acids is 1. The maximum Gasteiger partial charge on any atom is 0.341 e. The van der Waals surface area contributed by atoms with E-state index in [1.54, 1.807) is 30.3 Å². The Balaban J connectivity index is 1.95. The summed E-state index contributed by atoms with van der Waals surface area (Å²) in [5.74, 6) is -1.34. The maximum atomic E-state index is 11.9. The molecule has 3 N–H and O–H groups in total. The molecule has 24 heavy (non-hydrogen) atoms. The van der Waals surface area contributed by atoms with Gasteiger partial charge in [0.2, 0.25) is 0 Å². The van der Waals surface area contributed by atoms with Gasteiger partial charge in [0.05, 0.1) is 11.8 Å². The van der Waals surface area contributed by atoms with E-state index in [0.717, 1.165) is 0 Å². The summed E-state index contributed by atoms with van der Waals surface area (Å²) in [5.41, 5.74) is 3.08. The Hall–Kier alpha value is -2.87. The van der Waals surface area contributed by atoms with Gasteiger partial charge in [-0.15, -0.1) is 0 Å². The van der Waals surface area contributed by atoms with Crippen molar-refractivity contribution in [2.24, 2.45) is 5.10 Å². The van der Waals surface area contributed by atoms with Crippen LogP contribution < -0.4 is 10.2 Å². The van der Waals surface area contributed by atoms with Crippen LogP contribution in [0.15, 0.2) is 52.0 Å². The first-order valence-corrected chi connectivity index (χ1v) is 7.51. The summed E-state index contributed by atoms with van der Waals surface area (Å²) in [4.78, 5) is 22.3. The van der Waals surface area contributed by atoms with E-state index in [4.69, 9.17) is 9.84 Å². The van der Waals surface area contributed by atoms with Crippen molar-refractivity contribution in [2.45, 2.75) is 0 Å². The second-order valence-corrected chi connectivity index (χ2v) is 5.53. The Morgan fingerprint density at radius 3 is 2.58 bits per heavy atom. The highest BCUT2D eigenvalue weighted by atomic mass is 79.9. The molecular weight excluding hydrogens is 380 g/mol. The molecule has 0 heterocycles. The van der Waals surface area contributed by atoms with Crippen LogP contribution in [0.25, 0.3) is 0 Å². The number of amides is 1. The van der Waals surface area contributed by atoms with Crippen molar-refractivity contribution in [3.8, 4) is 11.5 Å². The van der Waals surface area contributed by atoms with E-state index in [0.29, 0.717) is 15.8 Å². The van der Waals surface area contributed by atoms with Crippen molar-refractivity contribution in [1.82, 2.24) is 5.43 Å². The number of hydrazone groups is 1. The number of phenols is 1. The molecule has 2 rings (SSSR count). The number of aromatic hydroxyl groups is 1. The van der Waals surface area contributed by atoms with Crippen LogP contribution in [0.1, 0.15) is 15.9 Å². The fraction of sp³-hybridized carbons (Fsp3) is 0.0625. The zero-order valence-corrected chi connectivity index (χ0v) is 13.9. The van der Waals surface area contributed by atoms with Gasteiger partial charge in [-0.1, -0.05) is 15.9 Å². The number of carboxylic acids is 1. The third-order valence-corrected chi connectivity index (χ3v) is 3.32. The third-order valence-electron chi connectivity index (χ3n) is 2.83. The van der Waals surface area contributed by atoms with E-state index in [2.05, 4.69) is 26.5 Å². The van der Waals surface area contributed by atoms with Crippen molar-refractivity contribution in [3.05, 3.63) is 58.1 Å². The van der Waals surface area contributed by atoms with Gasteiger partial charge in [-0.2, -0.15) is 5.10 Å². The number of phenolic OH excluding ortho intramolecular Hbond substituents is 1. The van der Waals surface area contributed by atoms with E-state index in [9.17, 15) is 14.7 Å². The van der Waals surface area contributed by atoms with Gasteiger partial charge in [-0.25, -0.2) is 10.2 Å². The topological polar surface area (TPSA) is 108 Å². The van der Waals surface area contributed by atoms with Gasteiger partial charge in [0.25, 0.3) is 5.91 Å². The van der Waals surface area contributed by atoms with Crippen molar-refractivity contribution >= 4 is 34.0 Å². The number of halogens is 1. The highest BCUT2D eigenvalue weighted by Gasteiger charge is 2.10. The van der Waals surface area contributed by atoms with Crippen molar-refractivity contribution in [3.63, 3.8) is 0 Å². The molecule has 2 aromatic rings. The first kappa shape index (κ1) is 17.5. The molecule has 7 nitrogen and oxygen atoms in total. The average molecular weight is 393 g/mol. The van der Waals surface area contributed by atoms with E-state index >= 15 is 0 Å². The summed E-state index contributed by atoms with van der Waals surface area (Å²) in [7, 11) is 0. The fourth-order valence-electron chi connectivity index (χ4n) is 1.71. The molecule has 0 saturated heterocycles. The number of rotatable bonds is 6. The summed E-state index contributed by atoms with van der Waals surface area (Å²) < 4.78 is 5.66. The molecule has 0 unspecified atom stereocenters. The minimum absolute atomic E-state index is 0.0962. The fourth-order valence-corrected chi connectivity index (χ4v) is 2.07. The van der Waals surface area contributed by atoms with Gasteiger partial charge >= 0.3 is 5.97 Å². The molecule has 124 valence electrons. The number of ether oxygens (including phenoxy) is 1. The van der Waals surface area contributed by atoms with Crippen molar-refractivity contribution in [2.75, 3.05) is 6.61 Å². The molecule has 0 bridgehead atoms. The molecule has 0 saturated carbocycles. The highest BCUT2D eigenvalue weighted by molar-refractivity contribution is 9.10. The Labute approximate surface area is 145 Å². The minimum Gasteiger partial charge on any atom is -0.507 e. The first-order valence-electron chi connectivity index (χ1n) is 6.72. The van der Waals surface area contributed by atoms with E-state index in [1.807, 2.05) is 0 Å². The number of carbonyl (C=O) groups excluding carboxylic acids is 1. The predicted molar refractivity (Wildman–Crippen MR) is 90.4 cm³/mol. The number of benzene rings is 2. The highest BCUT2D eigenvalue weighted by Crippen LogP contribution is 2.21. The molecule has 0 atom stereocenters. The van der Waals surface area contributed by atoms with Crippen molar-refractivity contribution < 1.29 is 24.5 Å². The lowest BCUT2D eigenvalue weighted by atomic mass is 10.2. The lowest BCUT2D eigenvalue weighted by Gasteiger charge is -2.04. The molecule has 0 fully saturated rings. The van der Waals surface area contributed by atoms with Crippen LogP contribution in [0.5, 0.6) is 11.5 Å². The molecule has 0 aliphatic rings. The molecule has 0 aliphatic heterocycles. The number of carboxylic acid groups (broad SMARTS) is 1. The summed E-state index contributed by atoms with van der Waals surface area (Å²) in [6.45, 7) is -0.417. The van der Waals surface area contributed by atoms with Crippen LogP contribution in [0.3, 0.4) is 0 Å². The second-order valence-electron chi connectivity index (χ2n) is 4.61. The smallest absolute Gasteiger partial charge is 0.341 e. The Bertz CT molecular complexity index is 775. The largest absolute Gasteiger partial charge is 0.507 e. The summed E-state index contributed by atoms with van der Waals surface area (Å²) in [6.07, 6.45) is 1.41. The number of hydrogen-bond acceptors (Lipinski definition) is 5. The van der Waals surface area contributed by atoms with E-state index < -0.39 is 18.5 Å². The Morgan fingerprint density at radius 1 is 1.21 bits per heavy atom. The molecule has 0 spiro atoms. The van der Waals surface area contributed by atoms with Gasteiger partial charge in [-0.05, 0) is 48.0 Å². The Morgan fingerprint density at radius 2 is 1.92 bits per heavy atom. The monoisotopic (exact) mass is 392 g/mol. The van der Waals surface area contributed by atoms with Crippen LogP contribution in [0, 0.1) is 0 Å². The number of carbonyl (C=O) groups is 2. The molecule has 8 heteroatoms. The summed E-state index contributed by atoms with van der Waals surface area (Å²) in [6, 6.07) is 11.0. The first-order chi connectivity index (χ1) is 11.5. The second kappa shape index (κ2) is 8.11. The molecular formula is C16H13BrN2O5. The SMILES string of the molecule is O=C(O)COc1ccc(/C=N\NC(=O)c2cc(Br)ccc2O)cc1. The van der Waals surface area contributed by atoms with E-state index in [1.165, 1.54) is 18.3 Å². The lowest BCUT2D eigenvalue weighted by molar-refractivity contribution is -0.139. The van der Waals surface area contributed by atoms with E-state index in [-0.39, 0.29) is 11.3 Å². The molecule has 2 aromatic carbocycles. The molecule has 1 amide bonds. The molecule has 0 radical (unpaired) electrons. The van der Waals surface area contributed by atoms with Crippen molar-refractivity contribution in [1.29, 1.82) is 0 Å².